The zero-order valence-electron chi connectivity index (χ0n) is 10.6. The summed E-state index contributed by atoms with van der Waals surface area (Å²) in [7, 11) is 3.92. The molecule has 5 nitrogen and oxygen atoms in total. The minimum Gasteiger partial charge on any atom is -0.392 e. The van der Waals surface area contributed by atoms with Gasteiger partial charge in [0.1, 0.15) is 0 Å². The van der Waals surface area contributed by atoms with E-state index in [1.165, 1.54) is 12.8 Å². The molecule has 0 bridgehead atoms. The van der Waals surface area contributed by atoms with E-state index in [0.717, 1.165) is 12.8 Å². The minimum absolute atomic E-state index is 0.329. The van der Waals surface area contributed by atoms with Crippen molar-refractivity contribution >= 4 is 0 Å². The van der Waals surface area contributed by atoms with E-state index in [0.29, 0.717) is 30.6 Å². The summed E-state index contributed by atoms with van der Waals surface area (Å²) in [5.41, 5.74) is 0. The van der Waals surface area contributed by atoms with Gasteiger partial charge in [0.05, 0.1) is 19.1 Å². The molecular weight excluding hydrogens is 218 g/mol. The lowest BCUT2D eigenvalue weighted by molar-refractivity contribution is 0.102. The molecule has 1 aliphatic rings. The molecular formula is C12H21N3O2. The number of aliphatic hydroxyl groups is 1. The summed E-state index contributed by atoms with van der Waals surface area (Å²) in [6.45, 7) is 0.670. The number of nitrogens with zero attached hydrogens (tertiary/aromatic N) is 3. The number of rotatable bonds is 5. The Morgan fingerprint density at radius 3 is 2.76 bits per heavy atom. The van der Waals surface area contributed by atoms with Crippen LogP contribution in [-0.4, -0.2) is 40.3 Å². The smallest absolute Gasteiger partial charge is 0.229 e. The van der Waals surface area contributed by atoms with Crippen LogP contribution in [0.1, 0.15) is 37.4 Å². The highest BCUT2D eigenvalue weighted by Crippen LogP contribution is 2.28. The number of hydrogen-bond donors (Lipinski definition) is 1. The molecule has 1 aromatic rings. The van der Waals surface area contributed by atoms with Gasteiger partial charge in [-0.3, -0.25) is 0 Å². The van der Waals surface area contributed by atoms with Crippen molar-refractivity contribution in [2.45, 2.75) is 44.8 Å². The molecule has 1 aliphatic carbocycles. The Balaban J connectivity index is 1.87. The number of aromatic nitrogens is 2. The quantitative estimate of drug-likeness (QED) is 0.837. The lowest BCUT2D eigenvalue weighted by Crippen LogP contribution is -2.20. The maximum Gasteiger partial charge on any atom is 0.229 e. The third kappa shape index (κ3) is 3.51. The van der Waals surface area contributed by atoms with Gasteiger partial charge < -0.3 is 14.5 Å². The molecule has 1 unspecified atom stereocenters. The van der Waals surface area contributed by atoms with E-state index in [1.54, 1.807) is 0 Å². The number of hydrogen-bond acceptors (Lipinski definition) is 5. The van der Waals surface area contributed by atoms with E-state index in [9.17, 15) is 5.11 Å². The van der Waals surface area contributed by atoms with Crippen molar-refractivity contribution in [1.29, 1.82) is 0 Å². The molecule has 0 spiro atoms. The molecule has 0 amide bonds. The highest BCUT2D eigenvalue weighted by Gasteiger charge is 2.25. The minimum atomic E-state index is -0.329. The first kappa shape index (κ1) is 12.5. The summed E-state index contributed by atoms with van der Waals surface area (Å²) in [5, 5.41) is 14.0. The van der Waals surface area contributed by atoms with Crippen LogP contribution in [0.5, 0.6) is 0 Å². The van der Waals surface area contributed by atoms with Crippen LogP contribution >= 0.6 is 0 Å². The second-order valence-corrected chi connectivity index (χ2v) is 5.16. The summed E-state index contributed by atoms with van der Waals surface area (Å²) in [6.07, 6.45) is 4.88. The molecule has 96 valence electrons. The lowest BCUT2D eigenvalue weighted by atomic mass is 9.98. The Morgan fingerprint density at radius 2 is 2.12 bits per heavy atom. The average Bonchev–Trinajstić information content (AvgIpc) is 2.87. The third-order valence-electron chi connectivity index (χ3n) is 3.30. The first-order valence-corrected chi connectivity index (χ1v) is 6.29. The van der Waals surface area contributed by atoms with Crippen molar-refractivity contribution in [3.63, 3.8) is 0 Å². The van der Waals surface area contributed by atoms with Gasteiger partial charge in [-0.15, -0.1) is 0 Å². The maximum atomic E-state index is 10.1. The second kappa shape index (κ2) is 5.60. The van der Waals surface area contributed by atoms with E-state index in [-0.39, 0.29) is 6.10 Å². The van der Waals surface area contributed by atoms with E-state index in [1.807, 2.05) is 19.0 Å². The molecule has 1 saturated carbocycles. The Kier molecular flexibility index (Phi) is 4.12. The molecule has 1 aromatic heterocycles. The third-order valence-corrected chi connectivity index (χ3v) is 3.30. The summed E-state index contributed by atoms with van der Waals surface area (Å²) < 4.78 is 5.15. The second-order valence-electron chi connectivity index (χ2n) is 5.16. The van der Waals surface area contributed by atoms with Crippen molar-refractivity contribution < 1.29 is 9.63 Å². The highest BCUT2D eigenvalue weighted by molar-refractivity contribution is 4.89. The van der Waals surface area contributed by atoms with Gasteiger partial charge in [-0.05, 0) is 32.9 Å². The van der Waals surface area contributed by atoms with E-state index in [2.05, 4.69) is 10.1 Å². The van der Waals surface area contributed by atoms with Gasteiger partial charge in [-0.1, -0.05) is 18.0 Å². The SMILES string of the molecule is CN(C)Cc1noc(CC(O)C2CCCC2)n1. The fourth-order valence-electron chi connectivity index (χ4n) is 2.41. The molecule has 1 atom stereocenters. The summed E-state index contributed by atoms with van der Waals surface area (Å²) in [5.74, 6) is 1.66. The zero-order valence-corrected chi connectivity index (χ0v) is 10.6. The molecule has 1 heterocycles. The van der Waals surface area contributed by atoms with Crippen LogP contribution in [0, 0.1) is 5.92 Å². The Labute approximate surface area is 102 Å². The Morgan fingerprint density at radius 1 is 1.41 bits per heavy atom. The summed E-state index contributed by atoms with van der Waals surface area (Å²) >= 11 is 0. The zero-order chi connectivity index (χ0) is 12.3. The van der Waals surface area contributed by atoms with Crippen LogP contribution in [0.3, 0.4) is 0 Å². The summed E-state index contributed by atoms with van der Waals surface area (Å²) in [4.78, 5) is 6.27. The van der Waals surface area contributed by atoms with Crippen LogP contribution in [0.15, 0.2) is 4.52 Å². The predicted molar refractivity (Wildman–Crippen MR) is 63.4 cm³/mol. The van der Waals surface area contributed by atoms with Crippen molar-refractivity contribution in [2.75, 3.05) is 14.1 Å². The molecule has 0 radical (unpaired) electrons. The average molecular weight is 239 g/mol. The lowest BCUT2D eigenvalue weighted by Gasteiger charge is -2.14. The maximum absolute atomic E-state index is 10.1. The Bertz CT molecular complexity index is 345. The van der Waals surface area contributed by atoms with Crippen molar-refractivity contribution in [1.82, 2.24) is 15.0 Å². The van der Waals surface area contributed by atoms with Gasteiger partial charge in [0.2, 0.25) is 5.89 Å². The molecule has 1 fully saturated rings. The molecule has 1 N–H and O–H groups in total. The van der Waals surface area contributed by atoms with Gasteiger partial charge in [-0.2, -0.15) is 4.98 Å². The molecule has 17 heavy (non-hydrogen) atoms. The Hall–Kier alpha value is -0.940. The van der Waals surface area contributed by atoms with E-state index < -0.39 is 0 Å². The molecule has 0 saturated heterocycles. The molecule has 5 heteroatoms. The van der Waals surface area contributed by atoms with Gasteiger partial charge >= 0.3 is 0 Å². The van der Waals surface area contributed by atoms with Gasteiger partial charge in [0.15, 0.2) is 5.82 Å². The molecule has 0 aliphatic heterocycles. The topological polar surface area (TPSA) is 62.4 Å². The fourth-order valence-corrected chi connectivity index (χ4v) is 2.41. The first-order valence-electron chi connectivity index (χ1n) is 6.29. The summed E-state index contributed by atoms with van der Waals surface area (Å²) in [6, 6.07) is 0. The van der Waals surface area contributed by atoms with Crippen LogP contribution in [0.2, 0.25) is 0 Å². The van der Waals surface area contributed by atoms with Crippen LogP contribution in [0.4, 0.5) is 0 Å². The van der Waals surface area contributed by atoms with E-state index >= 15 is 0 Å². The molecule has 0 aromatic carbocycles. The van der Waals surface area contributed by atoms with Gasteiger partial charge in [0.25, 0.3) is 0 Å². The van der Waals surface area contributed by atoms with Crippen LogP contribution < -0.4 is 0 Å². The monoisotopic (exact) mass is 239 g/mol. The van der Waals surface area contributed by atoms with Gasteiger partial charge in [0, 0.05) is 0 Å². The van der Waals surface area contributed by atoms with Crippen molar-refractivity contribution in [3.8, 4) is 0 Å². The van der Waals surface area contributed by atoms with Crippen LogP contribution in [-0.2, 0) is 13.0 Å². The predicted octanol–water partition coefficient (Wildman–Crippen LogP) is 1.22. The van der Waals surface area contributed by atoms with E-state index in [4.69, 9.17) is 4.52 Å². The van der Waals surface area contributed by atoms with Crippen molar-refractivity contribution in [3.05, 3.63) is 11.7 Å². The van der Waals surface area contributed by atoms with Crippen LogP contribution in [0.25, 0.3) is 0 Å². The van der Waals surface area contributed by atoms with Gasteiger partial charge in [-0.25, -0.2) is 0 Å². The highest BCUT2D eigenvalue weighted by atomic mass is 16.5. The van der Waals surface area contributed by atoms with Crippen molar-refractivity contribution in [2.24, 2.45) is 5.92 Å². The largest absolute Gasteiger partial charge is 0.392 e. The normalized spacial score (nSPS) is 19.1. The fraction of sp³-hybridized carbons (Fsp3) is 0.833. The molecule has 2 rings (SSSR count). The number of aliphatic hydroxyl groups excluding tert-OH is 1. The first-order chi connectivity index (χ1) is 8.15. The standard InChI is InChI=1S/C12H21N3O2/c1-15(2)8-11-13-12(17-14-11)7-10(16)9-5-3-4-6-9/h9-10,16H,3-8H2,1-2H3.